The Bertz CT molecular complexity index is 375. The molecule has 2 nitrogen and oxygen atoms in total. The van der Waals surface area contributed by atoms with Crippen LogP contribution in [-0.4, -0.2) is 19.8 Å². The Hall–Kier alpha value is -1.07. The summed E-state index contributed by atoms with van der Waals surface area (Å²) >= 11 is 0. The van der Waals surface area contributed by atoms with Crippen molar-refractivity contribution < 1.29 is 17.9 Å². The molecule has 0 radical (unpaired) electrons. The zero-order valence-electron chi connectivity index (χ0n) is 11.2. The van der Waals surface area contributed by atoms with Crippen molar-refractivity contribution in [1.82, 2.24) is 0 Å². The molecule has 0 heterocycles. The molecule has 0 spiro atoms. The molecule has 0 saturated carbocycles. The summed E-state index contributed by atoms with van der Waals surface area (Å²) in [7, 11) is 1.63. The molecule has 2 atom stereocenters. The number of alkyl halides is 3. The van der Waals surface area contributed by atoms with Crippen LogP contribution >= 0.6 is 0 Å². The summed E-state index contributed by atoms with van der Waals surface area (Å²) in [6, 6.07) is 5.10. The van der Waals surface area contributed by atoms with Crippen molar-refractivity contribution in [2.75, 3.05) is 13.7 Å². The van der Waals surface area contributed by atoms with Crippen molar-refractivity contribution in [1.29, 1.82) is 0 Å². The Labute approximate surface area is 111 Å². The normalized spacial score (nSPS) is 15.3. The maximum absolute atomic E-state index is 12.4. The highest BCUT2D eigenvalue weighted by Crippen LogP contribution is 2.29. The van der Waals surface area contributed by atoms with Gasteiger partial charge in [0.25, 0.3) is 0 Å². The van der Waals surface area contributed by atoms with Crippen molar-refractivity contribution in [2.24, 2.45) is 11.7 Å². The summed E-state index contributed by atoms with van der Waals surface area (Å²) in [6.45, 7) is 2.66. The molecule has 2 unspecified atom stereocenters. The van der Waals surface area contributed by atoms with Gasteiger partial charge in [-0.2, -0.15) is 13.2 Å². The predicted molar refractivity (Wildman–Crippen MR) is 68.8 cm³/mol. The number of nitrogens with two attached hydrogens (primary N) is 1. The molecule has 1 aromatic rings. The largest absolute Gasteiger partial charge is 0.416 e. The number of halogens is 3. The maximum atomic E-state index is 12.4. The summed E-state index contributed by atoms with van der Waals surface area (Å²) in [4.78, 5) is 0. The third-order valence-electron chi connectivity index (χ3n) is 3.26. The Morgan fingerprint density at radius 2 is 1.79 bits per heavy atom. The standard InChI is InChI=1S/C14H20F3NO/c1-10(7-8-19-2)13(18)9-11-3-5-12(6-4-11)14(15,16)17/h3-6,10,13H,7-9,18H2,1-2H3. The Kier molecular flexibility index (Phi) is 5.82. The topological polar surface area (TPSA) is 35.2 Å². The number of rotatable bonds is 6. The fraction of sp³-hybridized carbons (Fsp3) is 0.571. The van der Waals surface area contributed by atoms with Crippen LogP contribution in [0.1, 0.15) is 24.5 Å². The van der Waals surface area contributed by atoms with E-state index >= 15 is 0 Å². The maximum Gasteiger partial charge on any atom is 0.416 e. The van der Waals surface area contributed by atoms with Gasteiger partial charge in [0.15, 0.2) is 0 Å². The molecule has 0 aromatic heterocycles. The van der Waals surface area contributed by atoms with Gasteiger partial charge in [-0.1, -0.05) is 19.1 Å². The summed E-state index contributed by atoms with van der Waals surface area (Å²) in [6.07, 6.45) is -2.87. The second kappa shape index (κ2) is 6.91. The van der Waals surface area contributed by atoms with Crippen LogP contribution in [0.4, 0.5) is 13.2 Å². The van der Waals surface area contributed by atoms with Crippen molar-refractivity contribution in [3.05, 3.63) is 35.4 Å². The van der Waals surface area contributed by atoms with E-state index in [1.807, 2.05) is 6.92 Å². The summed E-state index contributed by atoms with van der Waals surface area (Å²) in [5, 5.41) is 0. The molecule has 0 saturated heterocycles. The smallest absolute Gasteiger partial charge is 0.385 e. The van der Waals surface area contributed by atoms with Crippen molar-refractivity contribution in [2.45, 2.75) is 32.0 Å². The third kappa shape index (κ3) is 5.20. The SMILES string of the molecule is COCCC(C)C(N)Cc1ccc(C(F)(F)F)cc1. The molecule has 108 valence electrons. The van der Waals surface area contributed by atoms with E-state index in [4.69, 9.17) is 10.5 Å². The van der Waals surface area contributed by atoms with Crippen LogP contribution in [0.5, 0.6) is 0 Å². The Morgan fingerprint density at radius 1 is 1.21 bits per heavy atom. The molecule has 5 heteroatoms. The Balaban J connectivity index is 2.58. The first-order valence-corrected chi connectivity index (χ1v) is 6.25. The van der Waals surface area contributed by atoms with Gasteiger partial charge in [-0.3, -0.25) is 0 Å². The second-order valence-corrected chi connectivity index (χ2v) is 4.82. The van der Waals surface area contributed by atoms with E-state index in [0.717, 1.165) is 24.1 Å². The van der Waals surface area contributed by atoms with E-state index in [0.29, 0.717) is 13.0 Å². The van der Waals surface area contributed by atoms with Crippen LogP contribution in [-0.2, 0) is 17.3 Å². The molecule has 1 rings (SSSR count). The third-order valence-corrected chi connectivity index (χ3v) is 3.26. The van der Waals surface area contributed by atoms with Crippen LogP contribution in [0, 0.1) is 5.92 Å². The van der Waals surface area contributed by atoms with E-state index in [1.54, 1.807) is 7.11 Å². The van der Waals surface area contributed by atoms with E-state index in [1.165, 1.54) is 12.1 Å². The lowest BCUT2D eigenvalue weighted by Crippen LogP contribution is -2.31. The van der Waals surface area contributed by atoms with Gasteiger partial charge in [-0.05, 0) is 36.5 Å². The fourth-order valence-corrected chi connectivity index (χ4v) is 1.82. The van der Waals surface area contributed by atoms with Gasteiger partial charge in [-0.25, -0.2) is 0 Å². The van der Waals surface area contributed by atoms with Crippen molar-refractivity contribution >= 4 is 0 Å². The first-order valence-electron chi connectivity index (χ1n) is 6.25. The molecular formula is C14H20F3NO. The van der Waals surface area contributed by atoms with Crippen LogP contribution in [0.15, 0.2) is 24.3 Å². The van der Waals surface area contributed by atoms with Crippen LogP contribution in [0.2, 0.25) is 0 Å². The molecule has 0 amide bonds. The van der Waals surface area contributed by atoms with Crippen LogP contribution in [0.25, 0.3) is 0 Å². The summed E-state index contributed by atoms with van der Waals surface area (Å²) in [5.41, 5.74) is 6.23. The lowest BCUT2D eigenvalue weighted by molar-refractivity contribution is -0.137. The van der Waals surface area contributed by atoms with Crippen LogP contribution < -0.4 is 5.73 Å². The number of ether oxygens (including phenoxy) is 1. The fourth-order valence-electron chi connectivity index (χ4n) is 1.82. The van der Waals surface area contributed by atoms with Gasteiger partial charge in [0.1, 0.15) is 0 Å². The molecule has 2 N–H and O–H groups in total. The Morgan fingerprint density at radius 3 is 2.26 bits per heavy atom. The molecule has 0 aliphatic heterocycles. The van der Waals surface area contributed by atoms with Crippen LogP contribution in [0.3, 0.4) is 0 Å². The minimum atomic E-state index is -4.29. The highest BCUT2D eigenvalue weighted by atomic mass is 19.4. The molecule has 1 aromatic carbocycles. The number of benzene rings is 1. The lowest BCUT2D eigenvalue weighted by atomic mass is 9.93. The predicted octanol–water partition coefficient (Wildman–Crippen LogP) is 3.25. The first-order chi connectivity index (χ1) is 8.84. The quantitative estimate of drug-likeness (QED) is 0.865. The highest BCUT2D eigenvalue weighted by Gasteiger charge is 2.30. The number of hydrogen-bond acceptors (Lipinski definition) is 2. The van der Waals surface area contributed by atoms with Gasteiger partial charge >= 0.3 is 6.18 Å². The second-order valence-electron chi connectivity index (χ2n) is 4.82. The van der Waals surface area contributed by atoms with Gasteiger partial charge < -0.3 is 10.5 Å². The average molecular weight is 275 g/mol. The minimum Gasteiger partial charge on any atom is -0.385 e. The first kappa shape index (κ1) is 16.0. The molecular weight excluding hydrogens is 255 g/mol. The highest BCUT2D eigenvalue weighted by molar-refractivity contribution is 5.25. The van der Waals surface area contributed by atoms with E-state index < -0.39 is 11.7 Å². The monoisotopic (exact) mass is 275 g/mol. The zero-order valence-corrected chi connectivity index (χ0v) is 11.2. The van der Waals surface area contributed by atoms with Gasteiger partial charge in [0.05, 0.1) is 5.56 Å². The van der Waals surface area contributed by atoms with E-state index in [9.17, 15) is 13.2 Å². The summed E-state index contributed by atoms with van der Waals surface area (Å²) in [5.74, 6) is 0.266. The lowest BCUT2D eigenvalue weighted by Gasteiger charge is -2.19. The average Bonchev–Trinajstić information content (AvgIpc) is 2.35. The molecule has 19 heavy (non-hydrogen) atoms. The van der Waals surface area contributed by atoms with Gasteiger partial charge in [0, 0.05) is 19.8 Å². The number of methoxy groups -OCH3 is 1. The zero-order chi connectivity index (χ0) is 14.5. The molecule has 0 aliphatic rings. The van der Waals surface area contributed by atoms with Crippen molar-refractivity contribution in [3.63, 3.8) is 0 Å². The number of hydrogen-bond donors (Lipinski definition) is 1. The molecule has 0 bridgehead atoms. The summed E-state index contributed by atoms with van der Waals surface area (Å²) < 4.78 is 42.2. The molecule has 0 aliphatic carbocycles. The van der Waals surface area contributed by atoms with Crippen molar-refractivity contribution in [3.8, 4) is 0 Å². The van der Waals surface area contributed by atoms with Gasteiger partial charge in [-0.15, -0.1) is 0 Å². The van der Waals surface area contributed by atoms with E-state index in [-0.39, 0.29) is 12.0 Å². The molecule has 0 fully saturated rings. The van der Waals surface area contributed by atoms with Gasteiger partial charge in [0.2, 0.25) is 0 Å². The minimum absolute atomic E-state index is 0.0770. The van der Waals surface area contributed by atoms with E-state index in [2.05, 4.69) is 0 Å².